The van der Waals surface area contributed by atoms with Crippen molar-refractivity contribution in [2.45, 2.75) is 26.4 Å². The highest BCUT2D eigenvalue weighted by atomic mass is 16.6. The third-order valence-corrected chi connectivity index (χ3v) is 23.9. The van der Waals surface area contributed by atoms with Gasteiger partial charge in [-0.2, -0.15) is 0 Å². The van der Waals surface area contributed by atoms with E-state index in [1.807, 2.05) is 123 Å². The predicted octanol–water partition coefficient (Wildman–Crippen LogP) is 12.3. The van der Waals surface area contributed by atoms with Crippen molar-refractivity contribution in [1.82, 2.24) is 37.2 Å². The molecular formula is C96H102N20O21. The Balaban J connectivity index is 0.000000154. The van der Waals surface area contributed by atoms with Gasteiger partial charge >= 0.3 is 0 Å². The molecule has 0 atom stereocenters. The number of ketones is 1. The number of piperazine rings is 5. The van der Waals surface area contributed by atoms with E-state index in [1.165, 1.54) is 108 Å². The van der Waals surface area contributed by atoms with Gasteiger partial charge in [0, 0.05) is 203 Å². The zero-order valence-electron chi connectivity index (χ0n) is 74.7. The Morgan fingerprint density at radius 1 is 0.307 bits per heavy atom. The summed E-state index contributed by atoms with van der Waals surface area (Å²) >= 11 is 0. The van der Waals surface area contributed by atoms with Crippen molar-refractivity contribution in [2.24, 2.45) is 0 Å². The fourth-order valence-corrected chi connectivity index (χ4v) is 17.1. The SMILES string of the molecule is CC(=O)c1ccc(N2CCN(c3c(C(=O)NO)cccc3[N+](=O)[O-])CC2)cc1.Cc1cccc(N2CCN(c3ccc([N+](=O)[O-])cc3C(=O)NO)CC2)c1.O=C(NO)c1cc([N+](=O)[O-])ccc1N1CCN(Cc2ccccc2)CC1.O=C(NO)c1cccc([N+](=O)[O-])c1N1CCN(C(c2ccccc2)c2ccccc2)CC1.O=C(NO)c1cccc([N+](=O)[O-])c1N1CCN(c2ccccc2)CC1. The Labute approximate surface area is 785 Å². The Morgan fingerprint density at radius 3 is 0.964 bits per heavy atom. The third kappa shape index (κ3) is 25.3. The maximum absolute atomic E-state index is 12.2. The molecule has 11 aromatic carbocycles. The molecule has 5 fully saturated rings. The molecule has 5 aliphatic rings. The van der Waals surface area contributed by atoms with Gasteiger partial charge < -0.3 is 39.2 Å². The van der Waals surface area contributed by atoms with E-state index in [1.54, 1.807) is 56.6 Å². The summed E-state index contributed by atoms with van der Waals surface area (Å²) in [7, 11) is 0. The highest BCUT2D eigenvalue weighted by Crippen LogP contribution is 2.40. The van der Waals surface area contributed by atoms with E-state index in [2.05, 4.69) is 86.0 Å². The molecule has 16 rings (SSSR count). The van der Waals surface area contributed by atoms with Gasteiger partial charge in [-0.1, -0.05) is 140 Å². The molecule has 0 unspecified atom stereocenters. The molecule has 137 heavy (non-hydrogen) atoms. The number of amides is 5. The first-order valence-corrected chi connectivity index (χ1v) is 43.6. The molecule has 0 saturated carbocycles. The molecule has 0 bridgehead atoms. The second-order valence-corrected chi connectivity index (χ2v) is 32.1. The Kier molecular flexibility index (Phi) is 34.7. The second-order valence-electron chi connectivity index (χ2n) is 32.1. The summed E-state index contributed by atoms with van der Waals surface area (Å²) in [5.74, 6) is -3.83. The maximum Gasteiger partial charge on any atom is 0.293 e. The van der Waals surface area contributed by atoms with E-state index >= 15 is 0 Å². The van der Waals surface area contributed by atoms with Crippen LogP contribution in [-0.4, -0.2) is 227 Å². The first-order chi connectivity index (χ1) is 66.2. The standard InChI is InChI=1S/C24H24N4O4.C19H20N4O5.2C18H20N4O4.C17H18N4O4/c29-24(25-30)20-12-7-13-21(28(31)32)23(20)27-16-14-26(15-17-27)22(18-8-3-1-4-9-18)19-10-5-2-6-11-19;1-13(24)14-5-7-15(8-6-14)21-9-11-22(12-10-21)18-16(19(25)20-26)3-2-4-17(18)23(27)28;1-13-3-2-4-14(11-13)20-7-9-21(10-8-20)17-6-5-15(22(25)26)12-16(17)18(23)19-24;23-18(19-24)16-12-15(22(25)26)6-7-17(16)21-10-8-20(9-11-21)13-14-4-2-1-3-5-14;22-17(18-23)14-7-4-8-15(21(24)25)16(14)20-11-9-19(10-12-20)13-5-2-1-3-6-13/h1-13,22,30H,14-17H2,(H,25,29);2-8,26H,9-12H2,1H3,(H,20,25);2-6,11-12,24H,7-10H2,1H3,(H,19,23);1-7,12,24H,8-11,13H2,(H,19,23);1-8,23H,9-12H2,(H,18,22). The fourth-order valence-electron chi connectivity index (χ4n) is 17.1. The van der Waals surface area contributed by atoms with Crippen LogP contribution in [0.4, 0.5) is 73.9 Å². The fraction of sp³-hybridized carbons (Fsp3) is 0.250. The highest BCUT2D eigenvalue weighted by Gasteiger charge is 2.36. The van der Waals surface area contributed by atoms with Crippen LogP contribution < -0.4 is 66.6 Å². The van der Waals surface area contributed by atoms with Crippen molar-refractivity contribution in [3.05, 3.63) is 367 Å². The number of anilines is 8. The second kappa shape index (κ2) is 47.8. The van der Waals surface area contributed by atoms with Crippen LogP contribution in [0.2, 0.25) is 0 Å². The van der Waals surface area contributed by atoms with Crippen LogP contribution in [0, 0.1) is 57.5 Å². The average molecular weight is 1870 g/mol. The molecule has 5 aliphatic heterocycles. The number of hydroxylamine groups is 5. The van der Waals surface area contributed by atoms with Gasteiger partial charge in [0.25, 0.3) is 58.0 Å². The van der Waals surface area contributed by atoms with Crippen molar-refractivity contribution in [3.63, 3.8) is 0 Å². The predicted molar refractivity (Wildman–Crippen MR) is 512 cm³/mol. The number of para-hydroxylation sites is 4. The summed E-state index contributed by atoms with van der Waals surface area (Å²) in [4.78, 5) is 146. The van der Waals surface area contributed by atoms with Crippen LogP contribution in [0.3, 0.4) is 0 Å². The summed E-state index contributed by atoms with van der Waals surface area (Å²) < 4.78 is 0. The molecule has 0 radical (unpaired) electrons. The number of nitrogens with zero attached hydrogens (tertiary/aromatic N) is 15. The van der Waals surface area contributed by atoms with Crippen LogP contribution in [0.25, 0.3) is 0 Å². The van der Waals surface area contributed by atoms with Crippen LogP contribution in [-0.2, 0) is 6.54 Å². The average Bonchev–Trinajstić information content (AvgIpc) is 0.790. The number of benzene rings is 11. The highest BCUT2D eigenvalue weighted by molar-refractivity contribution is 6.04. The van der Waals surface area contributed by atoms with Gasteiger partial charge in [0.05, 0.1) is 69.9 Å². The number of carbonyl (C=O) groups is 6. The van der Waals surface area contributed by atoms with E-state index in [0.29, 0.717) is 122 Å². The van der Waals surface area contributed by atoms with Crippen molar-refractivity contribution < 1.29 is 79.4 Å². The summed E-state index contributed by atoms with van der Waals surface area (Å²) in [5, 5.41) is 101. The molecule has 712 valence electrons. The van der Waals surface area contributed by atoms with Crippen LogP contribution in [0.15, 0.2) is 261 Å². The van der Waals surface area contributed by atoms with E-state index in [0.717, 1.165) is 49.8 Å². The molecular weight excluding hydrogens is 1770 g/mol. The maximum atomic E-state index is 12.2. The topological polar surface area (TPSA) is 512 Å². The summed E-state index contributed by atoms with van der Waals surface area (Å²) in [6.07, 6.45) is 0. The van der Waals surface area contributed by atoms with E-state index < -0.39 is 54.2 Å². The Morgan fingerprint density at radius 2 is 0.613 bits per heavy atom. The summed E-state index contributed by atoms with van der Waals surface area (Å²) in [6.45, 7) is 17.1. The number of hydrogen-bond acceptors (Lipinski definition) is 31. The molecule has 41 nitrogen and oxygen atoms in total. The quantitative estimate of drug-likeness (QED) is 0.0116. The molecule has 11 aromatic rings. The van der Waals surface area contributed by atoms with E-state index in [4.69, 9.17) is 26.0 Å². The zero-order valence-corrected chi connectivity index (χ0v) is 74.7. The van der Waals surface area contributed by atoms with Crippen molar-refractivity contribution in [2.75, 3.05) is 170 Å². The van der Waals surface area contributed by atoms with E-state index in [-0.39, 0.29) is 85.1 Å². The minimum absolute atomic E-state index is 0.00226. The van der Waals surface area contributed by atoms with Gasteiger partial charge in [0.1, 0.15) is 17.1 Å². The minimum atomic E-state index is -0.791. The van der Waals surface area contributed by atoms with Crippen LogP contribution in [0.1, 0.15) is 97.4 Å². The first-order valence-electron chi connectivity index (χ1n) is 43.6. The molecule has 0 aromatic heterocycles. The minimum Gasteiger partial charge on any atom is -0.368 e. The lowest BCUT2D eigenvalue weighted by Gasteiger charge is -2.40. The van der Waals surface area contributed by atoms with Gasteiger partial charge in [-0.3, -0.25) is 115 Å². The summed E-state index contributed by atoms with van der Waals surface area (Å²) in [5.41, 5.74) is 17.9. The first kappa shape index (κ1) is 99.6. The van der Waals surface area contributed by atoms with Gasteiger partial charge in [-0.05, 0) is 115 Å². The van der Waals surface area contributed by atoms with Gasteiger partial charge in [-0.25, -0.2) is 27.4 Å². The number of nitro benzene ring substituents is 5. The lowest BCUT2D eigenvalue weighted by atomic mass is 9.96. The summed E-state index contributed by atoms with van der Waals surface area (Å²) in [6, 6.07) is 77.3. The number of nitro groups is 5. The van der Waals surface area contributed by atoms with Crippen LogP contribution >= 0.6 is 0 Å². The number of Topliss-reactive ketones (excluding diaryl/α,β-unsaturated/α-hetero) is 1. The number of aryl methyl sites for hydroxylation is 1. The number of hydrogen-bond donors (Lipinski definition) is 10. The lowest BCUT2D eigenvalue weighted by Crippen LogP contribution is -2.48. The molecule has 5 saturated heterocycles. The van der Waals surface area contributed by atoms with Crippen molar-refractivity contribution >= 4 is 109 Å². The van der Waals surface area contributed by atoms with Gasteiger partial charge in [0.2, 0.25) is 0 Å². The molecule has 5 amide bonds. The van der Waals surface area contributed by atoms with E-state index in [9.17, 15) is 79.3 Å². The molecule has 0 spiro atoms. The van der Waals surface area contributed by atoms with Crippen molar-refractivity contribution in [3.8, 4) is 0 Å². The number of non-ortho nitro benzene ring substituents is 2. The Bertz CT molecular complexity index is 6040. The van der Waals surface area contributed by atoms with Gasteiger partial charge in [-0.15, -0.1) is 0 Å². The number of carbonyl (C=O) groups excluding carboxylic acids is 6. The third-order valence-electron chi connectivity index (χ3n) is 23.9. The normalized spacial score (nSPS) is 14.3. The molecule has 10 N–H and O–H groups in total. The number of rotatable bonds is 24. The largest absolute Gasteiger partial charge is 0.368 e. The Hall–Kier alpha value is -16.4. The van der Waals surface area contributed by atoms with Crippen LogP contribution in [0.5, 0.6) is 0 Å². The molecule has 5 heterocycles. The smallest absolute Gasteiger partial charge is 0.293 e. The lowest BCUT2D eigenvalue weighted by molar-refractivity contribution is -0.385. The van der Waals surface area contributed by atoms with Gasteiger partial charge in [0.15, 0.2) is 5.78 Å². The van der Waals surface area contributed by atoms with Crippen molar-refractivity contribution in [1.29, 1.82) is 0 Å². The number of nitrogens with one attached hydrogen (secondary N) is 5. The molecule has 0 aliphatic carbocycles. The molecule has 41 heteroatoms. The zero-order chi connectivity index (χ0) is 97.8. The monoisotopic (exact) mass is 1870 g/mol.